The summed E-state index contributed by atoms with van der Waals surface area (Å²) in [5.74, 6) is -0.269. The maximum absolute atomic E-state index is 11.2. The molecule has 0 aromatic heterocycles. The first-order valence-electron chi connectivity index (χ1n) is 3.94. The molecule has 0 aliphatic rings. The molecule has 13 heavy (non-hydrogen) atoms. The van der Waals surface area contributed by atoms with Crippen LogP contribution in [0.1, 0.15) is 16.0 Å². The molecule has 0 spiro atoms. The van der Waals surface area contributed by atoms with Crippen molar-refractivity contribution >= 4 is 21.9 Å². The van der Waals surface area contributed by atoms with Crippen LogP contribution >= 0.6 is 15.9 Å². The SMILES string of the molecule is COC(=O)[C@@H](Br)c1ccccc1C. The van der Waals surface area contributed by atoms with Gasteiger partial charge >= 0.3 is 5.97 Å². The number of esters is 1. The van der Waals surface area contributed by atoms with Gasteiger partial charge in [-0.3, -0.25) is 4.79 Å². The van der Waals surface area contributed by atoms with Gasteiger partial charge in [0.1, 0.15) is 4.83 Å². The van der Waals surface area contributed by atoms with E-state index in [9.17, 15) is 4.79 Å². The van der Waals surface area contributed by atoms with Crippen molar-refractivity contribution in [2.24, 2.45) is 0 Å². The zero-order valence-corrected chi connectivity index (χ0v) is 9.17. The lowest BCUT2D eigenvalue weighted by Crippen LogP contribution is -2.09. The summed E-state index contributed by atoms with van der Waals surface area (Å²) in [7, 11) is 1.38. The number of halogens is 1. The number of hydrogen-bond donors (Lipinski definition) is 0. The smallest absolute Gasteiger partial charge is 0.324 e. The Morgan fingerprint density at radius 3 is 2.62 bits per heavy atom. The fraction of sp³-hybridized carbons (Fsp3) is 0.300. The van der Waals surface area contributed by atoms with E-state index in [0.29, 0.717) is 0 Å². The largest absolute Gasteiger partial charge is 0.468 e. The van der Waals surface area contributed by atoms with Gasteiger partial charge in [-0.1, -0.05) is 40.2 Å². The lowest BCUT2D eigenvalue weighted by atomic mass is 10.1. The second-order valence-electron chi connectivity index (χ2n) is 2.74. The van der Waals surface area contributed by atoms with Crippen molar-refractivity contribution in [2.75, 3.05) is 7.11 Å². The summed E-state index contributed by atoms with van der Waals surface area (Å²) >= 11 is 3.29. The van der Waals surface area contributed by atoms with Crippen molar-refractivity contribution in [3.63, 3.8) is 0 Å². The number of carbonyl (C=O) groups is 1. The zero-order chi connectivity index (χ0) is 9.84. The average Bonchev–Trinajstić information content (AvgIpc) is 2.16. The van der Waals surface area contributed by atoms with E-state index in [1.807, 2.05) is 31.2 Å². The summed E-state index contributed by atoms with van der Waals surface area (Å²) in [5.41, 5.74) is 2.03. The summed E-state index contributed by atoms with van der Waals surface area (Å²) < 4.78 is 4.64. The molecule has 0 bridgehead atoms. The molecule has 70 valence electrons. The average molecular weight is 243 g/mol. The van der Waals surface area contributed by atoms with Crippen LogP contribution in [0.25, 0.3) is 0 Å². The summed E-state index contributed by atoms with van der Waals surface area (Å²) in [5, 5.41) is 0. The van der Waals surface area contributed by atoms with Gasteiger partial charge in [-0.25, -0.2) is 0 Å². The molecule has 0 aliphatic carbocycles. The quantitative estimate of drug-likeness (QED) is 0.589. The van der Waals surface area contributed by atoms with E-state index in [0.717, 1.165) is 11.1 Å². The second kappa shape index (κ2) is 4.42. The van der Waals surface area contributed by atoms with Gasteiger partial charge in [0.05, 0.1) is 7.11 Å². The molecule has 1 rings (SSSR count). The van der Waals surface area contributed by atoms with Gasteiger partial charge < -0.3 is 4.74 Å². The Morgan fingerprint density at radius 1 is 1.46 bits per heavy atom. The first-order valence-corrected chi connectivity index (χ1v) is 4.86. The summed E-state index contributed by atoms with van der Waals surface area (Å²) in [6, 6.07) is 7.72. The number of methoxy groups -OCH3 is 1. The molecular formula is C10H11BrO2. The van der Waals surface area contributed by atoms with Crippen molar-refractivity contribution in [2.45, 2.75) is 11.8 Å². The zero-order valence-electron chi connectivity index (χ0n) is 7.58. The Morgan fingerprint density at radius 2 is 2.08 bits per heavy atom. The topological polar surface area (TPSA) is 26.3 Å². The Kier molecular flexibility index (Phi) is 3.48. The Labute approximate surface area is 86.0 Å². The van der Waals surface area contributed by atoms with E-state index in [4.69, 9.17) is 0 Å². The molecular weight excluding hydrogens is 232 g/mol. The molecule has 1 aromatic rings. The van der Waals surface area contributed by atoms with Gasteiger partial charge in [-0.15, -0.1) is 0 Å². The highest BCUT2D eigenvalue weighted by Crippen LogP contribution is 2.26. The van der Waals surface area contributed by atoms with Crippen LogP contribution in [0.15, 0.2) is 24.3 Å². The van der Waals surface area contributed by atoms with Crippen molar-refractivity contribution in [1.82, 2.24) is 0 Å². The van der Waals surface area contributed by atoms with Crippen LogP contribution < -0.4 is 0 Å². The standard InChI is InChI=1S/C10H11BrO2/c1-7-5-3-4-6-8(7)9(11)10(12)13-2/h3-6,9H,1-2H3/t9-/m0/s1. The summed E-state index contributed by atoms with van der Waals surface area (Å²) in [6.07, 6.45) is 0. The molecule has 1 aromatic carbocycles. The van der Waals surface area contributed by atoms with Crippen LogP contribution in [0, 0.1) is 6.92 Å². The maximum atomic E-state index is 11.2. The minimum Gasteiger partial charge on any atom is -0.468 e. The van der Waals surface area contributed by atoms with Gasteiger partial charge in [0.15, 0.2) is 0 Å². The molecule has 0 radical (unpaired) electrons. The fourth-order valence-electron chi connectivity index (χ4n) is 1.10. The number of hydrogen-bond acceptors (Lipinski definition) is 2. The first-order chi connectivity index (χ1) is 6.16. The highest BCUT2D eigenvalue weighted by atomic mass is 79.9. The van der Waals surface area contributed by atoms with E-state index < -0.39 is 0 Å². The Balaban J connectivity index is 2.95. The van der Waals surface area contributed by atoms with Crippen molar-refractivity contribution in [3.8, 4) is 0 Å². The molecule has 0 fully saturated rings. The Bertz CT molecular complexity index is 310. The van der Waals surface area contributed by atoms with Crippen LogP contribution in [-0.4, -0.2) is 13.1 Å². The van der Waals surface area contributed by atoms with Crippen LogP contribution in [-0.2, 0) is 9.53 Å². The minimum absolute atomic E-state index is 0.269. The number of aryl methyl sites for hydroxylation is 1. The van der Waals surface area contributed by atoms with Crippen LogP contribution in [0.4, 0.5) is 0 Å². The van der Waals surface area contributed by atoms with E-state index in [-0.39, 0.29) is 10.8 Å². The van der Waals surface area contributed by atoms with E-state index in [1.54, 1.807) is 0 Å². The van der Waals surface area contributed by atoms with Crippen LogP contribution in [0.3, 0.4) is 0 Å². The lowest BCUT2D eigenvalue weighted by Gasteiger charge is -2.09. The fourth-order valence-corrected chi connectivity index (χ4v) is 1.80. The molecule has 0 amide bonds. The number of carbonyl (C=O) groups excluding carboxylic acids is 1. The molecule has 0 N–H and O–H groups in total. The molecule has 0 saturated carbocycles. The van der Waals surface area contributed by atoms with Crippen molar-refractivity contribution in [1.29, 1.82) is 0 Å². The van der Waals surface area contributed by atoms with Crippen LogP contribution in [0.2, 0.25) is 0 Å². The predicted octanol–water partition coefficient (Wildman–Crippen LogP) is 2.60. The van der Waals surface area contributed by atoms with E-state index >= 15 is 0 Å². The number of benzene rings is 1. The predicted molar refractivity (Wildman–Crippen MR) is 54.9 cm³/mol. The van der Waals surface area contributed by atoms with Gasteiger partial charge in [0.25, 0.3) is 0 Å². The highest BCUT2D eigenvalue weighted by Gasteiger charge is 2.18. The third-order valence-corrected chi connectivity index (χ3v) is 2.74. The Hall–Kier alpha value is -0.830. The molecule has 0 heterocycles. The highest BCUT2D eigenvalue weighted by molar-refractivity contribution is 9.09. The normalized spacial score (nSPS) is 12.2. The van der Waals surface area contributed by atoms with Crippen molar-refractivity contribution < 1.29 is 9.53 Å². The molecule has 2 nitrogen and oxygen atoms in total. The first kappa shape index (κ1) is 10.3. The van der Waals surface area contributed by atoms with Crippen molar-refractivity contribution in [3.05, 3.63) is 35.4 Å². The number of ether oxygens (including phenoxy) is 1. The number of rotatable bonds is 2. The van der Waals surface area contributed by atoms with E-state index in [1.165, 1.54) is 7.11 Å². The molecule has 3 heteroatoms. The third kappa shape index (κ3) is 2.31. The summed E-state index contributed by atoms with van der Waals surface area (Å²) in [4.78, 5) is 10.8. The monoisotopic (exact) mass is 242 g/mol. The summed E-state index contributed by atoms with van der Waals surface area (Å²) in [6.45, 7) is 1.96. The minimum atomic E-state index is -0.362. The molecule has 0 saturated heterocycles. The van der Waals surface area contributed by atoms with Gasteiger partial charge in [0, 0.05) is 0 Å². The number of alkyl halides is 1. The molecule has 0 unspecified atom stereocenters. The van der Waals surface area contributed by atoms with Gasteiger partial charge in [-0.2, -0.15) is 0 Å². The van der Waals surface area contributed by atoms with Crippen LogP contribution in [0.5, 0.6) is 0 Å². The maximum Gasteiger partial charge on any atom is 0.324 e. The molecule has 0 aliphatic heterocycles. The third-order valence-electron chi connectivity index (χ3n) is 1.87. The lowest BCUT2D eigenvalue weighted by molar-refractivity contribution is -0.139. The molecule has 1 atom stereocenters. The second-order valence-corrected chi connectivity index (χ2v) is 3.66. The van der Waals surface area contributed by atoms with Gasteiger partial charge in [0.2, 0.25) is 0 Å². The van der Waals surface area contributed by atoms with Gasteiger partial charge in [-0.05, 0) is 18.1 Å². The van der Waals surface area contributed by atoms with E-state index in [2.05, 4.69) is 20.7 Å².